The van der Waals surface area contributed by atoms with Crippen molar-refractivity contribution in [3.8, 4) is 11.5 Å². The van der Waals surface area contributed by atoms with Crippen molar-refractivity contribution in [2.24, 2.45) is 0 Å². The van der Waals surface area contributed by atoms with E-state index in [1.807, 2.05) is 37.2 Å². The first kappa shape index (κ1) is 59.2. The Labute approximate surface area is 396 Å². The summed E-state index contributed by atoms with van der Waals surface area (Å²) in [6, 6.07) is 5.92. The Bertz CT molecular complexity index is 1330. The van der Waals surface area contributed by atoms with E-state index in [9.17, 15) is 14.4 Å². The molecule has 0 aromatic heterocycles. The standard InChI is InChI=1S/C56H93NO8/c1-57(2)44-43-56(62)65-50-51-47-52(63-45-39-35-31-27-23-19-15-11-7-3-5-9-13-17-21-25-29-33-37-41-54(58)59)49-53(48-51)64-46-40-36-32-28-24-20-16-12-8-4-6-10-14-18-22-26-30-34-38-42-55(60)61/h3-4,7-10,13-14,47-49H,5-6,11-12,15-46,50H2,1-2H3,(H,58,59)(H,60,61)/b7-3-,8-4-,13-9-,14-10-. The van der Waals surface area contributed by atoms with Crippen molar-refractivity contribution in [1.82, 2.24) is 4.90 Å². The average Bonchev–Trinajstić information content (AvgIpc) is 3.28. The Morgan fingerprint density at radius 1 is 0.446 bits per heavy atom. The summed E-state index contributed by atoms with van der Waals surface area (Å²) in [7, 11) is 3.90. The van der Waals surface area contributed by atoms with Crippen LogP contribution in [0.1, 0.15) is 217 Å². The van der Waals surface area contributed by atoms with Gasteiger partial charge in [-0.05, 0) is 122 Å². The number of rotatable bonds is 47. The van der Waals surface area contributed by atoms with Crippen LogP contribution in [0.15, 0.2) is 66.8 Å². The highest BCUT2D eigenvalue weighted by molar-refractivity contribution is 5.69. The molecular weight excluding hydrogens is 815 g/mol. The summed E-state index contributed by atoms with van der Waals surface area (Å²) in [5.41, 5.74) is 0.887. The Morgan fingerprint density at radius 2 is 0.785 bits per heavy atom. The molecule has 1 aromatic carbocycles. The van der Waals surface area contributed by atoms with Crippen LogP contribution in [0.3, 0.4) is 0 Å². The van der Waals surface area contributed by atoms with Gasteiger partial charge in [-0.1, -0.05) is 151 Å². The van der Waals surface area contributed by atoms with Crippen LogP contribution in [0.5, 0.6) is 11.5 Å². The molecule has 1 rings (SSSR count). The predicted octanol–water partition coefficient (Wildman–Crippen LogP) is 15.3. The zero-order valence-corrected chi connectivity index (χ0v) is 41.3. The largest absolute Gasteiger partial charge is 0.493 e. The molecule has 0 radical (unpaired) electrons. The molecule has 0 unspecified atom stereocenters. The van der Waals surface area contributed by atoms with Crippen LogP contribution in [-0.2, 0) is 25.7 Å². The van der Waals surface area contributed by atoms with Crippen molar-refractivity contribution in [1.29, 1.82) is 0 Å². The molecule has 0 heterocycles. The summed E-state index contributed by atoms with van der Waals surface area (Å²) in [5, 5.41) is 17.4. The van der Waals surface area contributed by atoms with Crippen LogP contribution in [0.25, 0.3) is 0 Å². The normalized spacial score (nSPS) is 11.9. The number of hydrogen-bond acceptors (Lipinski definition) is 7. The maximum absolute atomic E-state index is 12.3. The highest BCUT2D eigenvalue weighted by Gasteiger charge is 2.09. The van der Waals surface area contributed by atoms with Gasteiger partial charge < -0.3 is 29.3 Å². The molecule has 0 aliphatic carbocycles. The van der Waals surface area contributed by atoms with Crippen LogP contribution in [-0.4, -0.2) is 66.9 Å². The Hall–Kier alpha value is -3.85. The monoisotopic (exact) mass is 908 g/mol. The smallest absolute Gasteiger partial charge is 0.307 e. The van der Waals surface area contributed by atoms with E-state index < -0.39 is 11.9 Å². The van der Waals surface area contributed by atoms with Crippen LogP contribution in [0.4, 0.5) is 0 Å². The Morgan fingerprint density at radius 3 is 1.14 bits per heavy atom. The maximum Gasteiger partial charge on any atom is 0.307 e. The second-order valence-electron chi connectivity index (χ2n) is 18.0. The van der Waals surface area contributed by atoms with E-state index in [2.05, 4.69) is 48.6 Å². The second kappa shape index (κ2) is 45.3. The molecule has 0 saturated heterocycles. The number of nitrogens with zero attached hydrogens (tertiary/aromatic N) is 1. The number of ether oxygens (including phenoxy) is 3. The molecule has 0 saturated carbocycles. The third kappa shape index (κ3) is 43.8. The lowest BCUT2D eigenvalue weighted by Gasteiger charge is -2.13. The molecule has 65 heavy (non-hydrogen) atoms. The summed E-state index contributed by atoms with van der Waals surface area (Å²) in [6.45, 7) is 2.19. The number of hydrogen-bond donors (Lipinski definition) is 2. The summed E-state index contributed by atoms with van der Waals surface area (Å²) < 4.78 is 18.0. The number of unbranched alkanes of at least 4 members (excludes halogenated alkanes) is 24. The lowest BCUT2D eigenvalue weighted by molar-refractivity contribution is -0.145. The molecule has 0 atom stereocenters. The first-order valence-electron chi connectivity index (χ1n) is 26.0. The minimum absolute atomic E-state index is 0.202. The first-order valence-corrected chi connectivity index (χ1v) is 26.0. The molecule has 370 valence electrons. The molecule has 0 spiro atoms. The molecule has 0 aliphatic heterocycles. The van der Waals surface area contributed by atoms with Crippen molar-refractivity contribution in [2.45, 2.75) is 218 Å². The van der Waals surface area contributed by atoms with Gasteiger partial charge in [0.15, 0.2) is 0 Å². The number of carbonyl (C=O) groups excluding carboxylic acids is 1. The van der Waals surface area contributed by atoms with Gasteiger partial charge in [-0.3, -0.25) is 14.4 Å². The molecular formula is C56H93NO8. The third-order valence-electron chi connectivity index (χ3n) is 11.4. The van der Waals surface area contributed by atoms with Gasteiger partial charge in [0.1, 0.15) is 18.1 Å². The lowest BCUT2D eigenvalue weighted by atomic mass is 10.1. The van der Waals surface area contributed by atoms with Crippen LogP contribution >= 0.6 is 0 Å². The molecule has 9 nitrogen and oxygen atoms in total. The van der Waals surface area contributed by atoms with Crippen LogP contribution in [0.2, 0.25) is 0 Å². The fourth-order valence-electron chi connectivity index (χ4n) is 7.46. The molecule has 0 fully saturated rings. The fraction of sp³-hybridized carbons (Fsp3) is 0.696. The number of carboxylic acids is 2. The zero-order chi connectivity index (χ0) is 47.1. The molecule has 0 amide bonds. The van der Waals surface area contributed by atoms with Gasteiger partial charge in [-0.2, -0.15) is 0 Å². The number of allylic oxidation sites excluding steroid dienone is 8. The SMILES string of the molecule is CN(C)CCC(=O)OCc1cc(OCCCCCCCCC/C=C\C/C=C\CCCCCCCC(=O)O)cc(OCCCCCCCCC/C=C\C/C=C\CCCCCCCC(=O)O)c1. The van der Waals surface area contributed by atoms with E-state index >= 15 is 0 Å². The minimum Gasteiger partial charge on any atom is -0.493 e. The fourth-order valence-corrected chi connectivity index (χ4v) is 7.46. The van der Waals surface area contributed by atoms with E-state index in [-0.39, 0.29) is 12.6 Å². The van der Waals surface area contributed by atoms with Crippen molar-refractivity contribution < 1.29 is 38.8 Å². The molecule has 0 aliphatic rings. The Balaban J connectivity index is 2.19. The van der Waals surface area contributed by atoms with Crippen molar-refractivity contribution >= 4 is 17.9 Å². The van der Waals surface area contributed by atoms with Gasteiger partial charge in [0.2, 0.25) is 0 Å². The second-order valence-corrected chi connectivity index (χ2v) is 18.0. The van der Waals surface area contributed by atoms with Crippen LogP contribution in [0, 0.1) is 0 Å². The number of benzene rings is 1. The van der Waals surface area contributed by atoms with E-state index in [1.54, 1.807) is 0 Å². The number of carbonyl (C=O) groups is 3. The van der Waals surface area contributed by atoms with Gasteiger partial charge in [-0.15, -0.1) is 0 Å². The predicted molar refractivity (Wildman–Crippen MR) is 270 cm³/mol. The maximum atomic E-state index is 12.3. The van der Waals surface area contributed by atoms with Gasteiger partial charge in [-0.25, -0.2) is 0 Å². The number of carboxylic acid groups (broad SMARTS) is 2. The van der Waals surface area contributed by atoms with Crippen molar-refractivity contribution in [3.63, 3.8) is 0 Å². The van der Waals surface area contributed by atoms with E-state index in [0.717, 1.165) is 120 Å². The summed E-state index contributed by atoms with van der Waals surface area (Å²) >= 11 is 0. The molecule has 0 bridgehead atoms. The van der Waals surface area contributed by atoms with Gasteiger partial charge in [0.25, 0.3) is 0 Å². The highest BCUT2D eigenvalue weighted by Crippen LogP contribution is 2.25. The van der Waals surface area contributed by atoms with E-state index in [4.69, 9.17) is 24.4 Å². The van der Waals surface area contributed by atoms with Gasteiger partial charge >= 0.3 is 17.9 Å². The third-order valence-corrected chi connectivity index (χ3v) is 11.4. The molecule has 1 aromatic rings. The topological polar surface area (TPSA) is 123 Å². The quantitative estimate of drug-likeness (QED) is 0.0374. The van der Waals surface area contributed by atoms with E-state index in [0.29, 0.717) is 39.0 Å². The number of esters is 1. The zero-order valence-electron chi connectivity index (χ0n) is 41.3. The van der Waals surface area contributed by atoms with Gasteiger partial charge in [0.05, 0.1) is 19.6 Å². The number of aliphatic carboxylic acids is 2. The highest BCUT2D eigenvalue weighted by atomic mass is 16.5. The Kier molecular flexibility index (Phi) is 41.2. The average molecular weight is 908 g/mol. The molecule has 9 heteroatoms. The van der Waals surface area contributed by atoms with Crippen molar-refractivity contribution in [3.05, 3.63) is 72.4 Å². The van der Waals surface area contributed by atoms with E-state index in [1.165, 1.54) is 89.9 Å². The van der Waals surface area contributed by atoms with Gasteiger partial charge in [0, 0.05) is 25.5 Å². The van der Waals surface area contributed by atoms with Crippen LogP contribution < -0.4 is 9.47 Å². The first-order chi connectivity index (χ1) is 31.8. The summed E-state index contributed by atoms with van der Waals surface area (Å²) in [5.74, 6) is -0.0318. The molecule has 2 N–H and O–H groups in total. The lowest BCUT2D eigenvalue weighted by Crippen LogP contribution is -2.17. The minimum atomic E-state index is -0.686. The summed E-state index contributed by atoms with van der Waals surface area (Å²) in [6.07, 6.45) is 53.4. The summed E-state index contributed by atoms with van der Waals surface area (Å²) in [4.78, 5) is 35.4. The van der Waals surface area contributed by atoms with Crippen molar-refractivity contribution in [2.75, 3.05) is 33.9 Å².